The predicted octanol–water partition coefficient (Wildman–Crippen LogP) is 9.46. The van der Waals surface area contributed by atoms with Crippen LogP contribution in [-0.4, -0.2) is 80.6 Å². The molecule has 0 aromatic carbocycles. The van der Waals surface area contributed by atoms with Crippen LogP contribution in [0.4, 0.5) is 0 Å². The summed E-state index contributed by atoms with van der Waals surface area (Å²) in [6.07, 6.45) is 37.1. The number of quaternary nitrogens is 1. The fourth-order valence-electron chi connectivity index (χ4n) is 4.98. The lowest BCUT2D eigenvalue weighted by Gasteiger charge is -2.31. The zero-order chi connectivity index (χ0) is 36.4. The molecule has 0 bridgehead atoms. The average Bonchev–Trinajstić information content (AvgIpc) is 3.05. The topological polar surface area (TPSA) is 99.1 Å². The number of rotatable bonds is 32. The van der Waals surface area contributed by atoms with E-state index < -0.39 is 24.1 Å². The Balaban J connectivity index is 4.57. The van der Waals surface area contributed by atoms with E-state index in [9.17, 15) is 19.5 Å². The monoisotopic (exact) mass is 689 g/mol. The van der Waals surface area contributed by atoms with Crippen LogP contribution >= 0.6 is 0 Å². The number of ether oxygens (including phenoxy) is 3. The maximum absolute atomic E-state index is 12.6. The molecular formula is C41H70NO7+. The summed E-state index contributed by atoms with van der Waals surface area (Å²) in [5.41, 5.74) is 0. The van der Waals surface area contributed by atoms with Crippen LogP contribution in [0.5, 0.6) is 0 Å². The smallest absolute Gasteiger partial charge is 0.362 e. The molecule has 0 rings (SSSR count). The summed E-state index contributed by atoms with van der Waals surface area (Å²) >= 11 is 0. The van der Waals surface area contributed by atoms with Crippen molar-refractivity contribution in [3.8, 4) is 0 Å². The Kier molecular flexibility index (Phi) is 30.3. The number of carbonyl (C=O) groups excluding carboxylic acids is 2. The number of unbranched alkanes of at least 4 members (excludes halogenated alkanes) is 8. The summed E-state index contributed by atoms with van der Waals surface area (Å²) < 4.78 is 17.1. The van der Waals surface area contributed by atoms with Gasteiger partial charge in [0.25, 0.3) is 0 Å². The van der Waals surface area contributed by atoms with Crippen molar-refractivity contribution >= 4 is 17.9 Å². The molecule has 0 aliphatic carbocycles. The van der Waals surface area contributed by atoms with E-state index in [1.807, 2.05) is 33.3 Å². The fraction of sp³-hybridized carbons (Fsp3) is 0.683. The molecule has 2 unspecified atom stereocenters. The van der Waals surface area contributed by atoms with Crippen LogP contribution < -0.4 is 0 Å². The van der Waals surface area contributed by atoms with Crippen LogP contribution in [0.15, 0.2) is 60.8 Å². The molecule has 0 aliphatic heterocycles. The minimum atomic E-state index is -0.890. The van der Waals surface area contributed by atoms with Crippen LogP contribution in [0.3, 0.4) is 0 Å². The van der Waals surface area contributed by atoms with Crippen LogP contribution in [-0.2, 0) is 28.6 Å². The Hall–Kier alpha value is -2.97. The van der Waals surface area contributed by atoms with Gasteiger partial charge in [0.2, 0.25) is 0 Å². The highest BCUT2D eigenvalue weighted by Crippen LogP contribution is 2.11. The van der Waals surface area contributed by atoms with Gasteiger partial charge < -0.3 is 23.8 Å². The molecule has 8 nitrogen and oxygen atoms in total. The number of nitrogens with zero attached hydrogens (tertiary/aromatic N) is 1. The maximum atomic E-state index is 12.6. The maximum Gasteiger partial charge on any atom is 0.362 e. The normalized spacial score (nSPS) is 13.7. The number of carboxylic acids is 1. The van der Waals surface area contributed by atoms with Crippen molar-refractivity contribution in [3.63, 3.8) is 0 Å². The second-order valence-electron chi connectivity index (χ2n) is 13.4. The zero-order valence-corrected chi connectivity index (χ0v) is 31.6. The number of hydrogen-bond donors (Lipinski definition) is 1. The standard InChI is InChI=1S/C41H69NO7/c1-6-8-10-12-14-16-18-20-22-24-26-28-30-32-40(44)49-37(35-47-34-33-38(41(45)46)42(3,4)5)36-48-39(43)31-29-27-25-23-21-19-17-15-13-11-9-7-2/h8,10,14-17,20,22,26,28,37-38H,6-7,9,11-13,18-19,21,23-25,27,29-36H2,1-5H3/p+1/b10-8-,16-14-,17-15-,22-20-,28-26-. The molecule has 0 saturated heterocycles. The zero-order valence-electron chi connectivity index (χ0n) is 31.6. The first-order valence-electron chi connectivity index (χ1n) is 18.8. The van der Waals surface area contributed by atoms with E-state index in [1.165, 1.54) is 32.1 Å². The molecule has 0 amide bonds. The molecule has 0 fully saturated rings. The number of carbonyl (C=O) groups is 3. The van der Waals surface area contributed by atoms with Crippen molar-refractivity contribution < 1.29 is 38.2 Å². The van der Waals surface area contributed by atoms with Gasteiger partial charge in [0.1, 0.15) is 6.61 Å². The first-order chi connectivity index (χ1) is 23.6. The Morgan fingerprint density at radius 2 is 1.18 bits per heavy atom. The summed E-state index contributed by atoms with van der Waals surface area (Å²) in [5.74, 6) is -1.59. The summed E-state index contributed by atoms with van der Waals surface area (Å²) in [7, 11) is 5.48. The van der Waals surface area contributed by atoms with Crippen molar-refractivity contribution in [1.29, 1.82) is 0 Å². The van der Waals surface area contributed by atoms with Crippen LogP contribution in [0.25, 0.3) is 0 Å². The number of carboxylic acid groups (broad SMARTS) is 1. The van der Waals surface area contributed by atoms with E-state index in [2.05, 4.69) is 62.5 Å². The third-order valence-electron chi connectivity index (χ3n) is 7.91. The van der Waals surface area contributed by atoms with Gasteiger partial charge in [-0.1, -0.05) is 107 Å². The lowest BCUT2D eigenvalue weighted by Crippen LogP contribution is -2.50. The van der Waals surface area contributed by atoms with Crippen LogP contribution in [0, 0.1) is 0 Å². The number of esters is 2. The lowest BCUT2D eigenvalue weighted by atomic mass is 10.1. The van der Waals surface area contributed by atoms with E-state index in [0.717, 1.165) is 57.8 Å². The molecule has 280 valence electrons. The van der Waals surface area contributed by atoms with Gasteiger partial charge in [0, 0.05) is 19.3 Å². The second-order valence-corrected chi connectivity index (χ2v) is 13.4. The first kappa shape index (κ1) is 46.0. The van der Waals surface area contributed by atoms with Gasteiger partial charge in [0.15, 0.2) is 12.1 Å². The Bertz CT molecular complexity index is 990. The SMILES string of the molecule is CC/C=C\C/C=C\C/C=C\C/C=C\CCC(=O)OC(COCCC(C(=O)O)[N+](C)(C)C)COC(=O)CCCCCCC/C=C\CCCCC. The quantitative estimate of drug-likeness (QED) is 0.0325. The lowest BCUT2D eigenvalue weighted by molar-refractivity contribution is -0.887. The molecule has 0 radical (unpaired) electrons. The third-order valence-corrected chi connectivity index (χ3v) is 7.91. The summed E-state index contributed by atoms with van der Waals surface area (Å²) in [6, 6.07) is -0.628. The molecule has 8 heteroatoms. The molecule has 49 heavy (non-hydrogen) atoms. The van der Waals surface area contributed by atoms with Crippen LogP contribution in [0.1, 0.15) is 129 Å². The highest BCUT2D eigenvalue weighted by molar-refractivity contribution is 5.72. The number of allylic oxidation sites excluding steroid dienone is 10. The van der Waals surface area contributed by atoms with Gasteiger partial charge in [-0.15, -0.1) is 0 Å². The molecule has 1 N–H and O–H groups in total. The Labute approximate surface area is 298 Å². The third kappa shape index (κ3) is 30.8. The largest absolute Gasteiger partial charge is 0.477 e. The first-order valence-corrected chi connectivity index (χ1v) is 18.8. The highest BCUT2D eigenvalue weighted by Gasteiger charge is 2.31. The van der Waals surface area contributed by atoms with Gasteiger partial charge in [0.05, 0.1) is 34.4 Å². The summed E-state index contributed by atoms with van der Waals surface area (Å²) in [5, 5.41) is 9.57. The average molecular weight is 689 g/mol. The van der Waals surface area contributed by atoms with E-state index in [4.69, 9.17) is 14.2 Å². The molecule has 0 spiro atoms. The second kappa shape index (κ2) is 32.2. The van der Waals surface area contributed by atoms with E-state index in [-0.39, 0.29) is 36.7 Å². The van der Waals surface area contributed by atoms with E-state index >= 15 is 0 Å². The number of likely N-dealkylation sites (N-methyl/N-ethyl adjacent to an activating group) is 1. The molecule has 0 aliphatic rings. The minimum Gasteiger partial charge on any atom is -0.477 e. The Morgan fingerprint density at radius 3 is 1.78 bits per heavy atom. The van der Waals surface area contributed by atoms with Gasteiger partial charge in [-0.05, 0) is 64.2 Å². The van der Waals surface area contributed by atoms with Crippen molar-refractivity contribution in [2.24, 2.45) is 0 Å². The van der Waals surface area contributed by atoms with Gasteiger partial charge >= 0.3 is 17.9 Å². The number of hydrogen-bond acceptors (Lipinski definition) is 6. The molecule has 0 aromatic rings. The van der Waals surface area contributed by atoms with Gasteiger partial charge in [-0.25, -0.2) is 4.79 Å². The molecule has 0 aromatic heterocycles. The molecule has 0 heterocycles. The predicted molar refractivity (Wildman–Crippen MR) is 201 cm³/mol. The summed E-state index contributed by atoms with van der Waals surface area (Å²) in [4.78, 5) is 36.7. The highest BCUT2D eigenvalue weighted by atomic mass is 16.6. The van der Waals surface area contributed by atoms with E-state index in [0.29, 0.717) is 19.3 Å². The van der Waals surface area contributed by atoms with Crippen molar-refractivity contribution in [2.45, 2.75) is 142 Å². The Morgan fingerprint density at radius 1 is 0.633 bits per heavy atom. The minimum absolute atomic E-state index is 0.0273. The number of aliphatic carboxylic acids is 1. The molecule has 0 saturated carbocycles. The summed E-state index contributed by atoms with van der Waals surface area (Å²) in [6.45, 7) is 4.47. The van der Waals surface area contributed by atoms with E-state index in [1.54, 1.807) is 0 Å². The van der Waals surface area contributed by atoms with Crippen molar-refractivity contribution in [2.75, 3.05) is 41.0 Å². The van der Waals surface area contributed by atoms with Crippen LogP contribution in [0.2, 0.25) is 0 Å². The van der Waals surface area contributed by atoms with Crippen molar-refractivity contribution in [1.82, 2.24) is 0 Å². The molecule has 2 atom stereocenters. The van der Waals surface area contributed by atoms with Crippen molar-refractivity contribution in [3.05, 3.63) is 60.8 Å². The fourth-order valence-corrected chi connectivity index (χ4v) is 4.98. The molecular weight excluding hydrogens is 618 g/mol. The van der Waals surface area contributed by atoms with Gasteiger partial charge in [-0.3, -0.25) is 9.59 Å². The van der Waals surface area contributed by atoms with Gasteiger partial charge in [-0.2, -0.15) is 0 Å².